The zero-order chi connectivity index (χ0) is 9.97. The second-order valence-corrected chi connectivity index (χ2v) is 4.55. The molecule has 0 saturated carbocycles. The molecule has 2 nitrogen and oxygen atoms in total. The Kier molecular flexibility index (Phi) is 2.92. The highest BCUT2D eigenvalue weighted by atomic mass is 16.3. The zero-order valence-corrected chi connectivity index (χ0v) is 9.05. The summed E-state index contributed by atoms with van der Waals surface area (Å²) in [5.41, 5.74) is 1.39. The minimum atomic E-state index is 0.528. The van der Waals surface area contributed by atoms with Gasteiger partial charge >= 0.3 is 0 Å². The lowest BCUT2D eigenvalue weighted by molar-refractivity contribution is 0.395. The van der Waals surface area contributed by atoms with Crippen molar-refractivity contribution >= 4 is 0 Å². The molecule has 2 rings (SSSR count). The van der Waals surface area contributed by atoms with E-state index in [1.165, 1.54) is 24.2 Å². The lowest BCUT2D eigenvalue weighted by Crippen LogP contribution is -2.27. The van der Waals surface area contributed by atoms with E-state index in [0.29, 0.717) is 12.0 Å². The first kappa shape index (κ1) is 9.78. The molecule has 0 aliphatic heterocycles. The van der Waals surface area contributed by atoms with E-state index >= 15 is 0 Å². The molecule has 1 aliphatic carbocycles. The van der Waals surface area contributed by atoms with Crippen LogP contribution in [0, 0.1) is 5.92 Å². The third-order valence-corrected chi connectivity index (χ3v) is 2.82. The Labute approximate surface area is 85.7 Å². The van der Waals surface area contributed by atoms with Crippen molar-refractivity contribution in [2.45, 2.75) is 39.2 Å². The van der Waals surface area contributed by atoms with Crippen LogP contribution in [0.1, 0.15) is 44.1 Å². The van der Waals surface area contributed by atoms with Gasteiger partial charge in [-0.05, 0) is 31.4 Å². The molecule has 0 saturated heterocycles. The fourth-order valence-electron chi connectivity index (χ4n) is 2.08. The summed E-state index contributed by atoms with van der Waals surface area (Å²) in [6, 6.07) is 2.65. The lowest BCUT2D eigenvalue weighted by atomic mass is 9.93. The van der Waals surface area contributed by atoms with Gasteiger partial charge in [-0.25, -0.2) is 0 Å². The van der Waals surface area contributed by atoms with Crippen molar-refractivity contribution < 1.29 is 4.42 Å². The summed E-state index contributed by atoms with van der Waals surface area (Å²) in [4.78, 5) is 0. The second kappa shape index (κ2) is 4.18. The van der Waals surface area contributed by atoms with E-state index in [0.717, 1.165) is 13.0 Å². The molecule has 0 radical (unpaired) electrons. The number of hydrogen-bond donors (Lipinski definition) is 1. The molecule has 14 heavy (non-hydrogen) atoms. The standard InChI is InChI=1S/C12H19NO/c1-9(2)8-13-11-4-3-5-12-10(11)6-7-14-12/h6-7,9,11,13H,3-5,8H2,1-2H3/t11-/m1/s1. The van der Waals surface area contributed by atoms with Crippen LogP contribution in [0.3, 0.4) is 0 Å². The van der Waals surface area contributed by atoms with Gasteiger partial charge in [-0.15, -0.1) is 0 Å². The van der Waals surface area contributed by atoms with E-state index in [4.69, 9.17) is 4.42 Å². The van der Waals surface area contributed by atoms with Crippen LogP contribution in [-0.2, 0) is 6.42 Å². The Bertz CT molecular complexity index is 290. The Morgan fingerprint density at radius 1 is 1.57 bits per heavy atom. The molecule has 1 aliphatic rings. The molecule has 0 aromatic carbocycles. The predicted molar refractivity (Wildman–Crippen MR) is 57.2 cm³/mol. The Morgan fingerprint density at radius 2 is 2.43 bits per heavy atom. The first-order valence-corrected chi connectivity index (χ1v) is 5.57. The summed E-state index contributed by atoms with van der Waals surface area (Å²) in [5.74, 6) is 1.91. The topological polar surface area (TPSA) is 25.2 Å². The molecule has 1 aromatic rings. The van der Waals surface area contributed by atoms with Gasteiger partial charge < -0.3 is 9.73 Å². The van der Waals surface area contributed by atoms with Crippen LogP contribution >= 0.6 is 0 Å². The van der Waals surface area contributed by atoms with Crippen molar-refractivity contribution in [2.24, 2.45) is 5.92 Å². The fraction of sp³-hybridized carbons (Fsp3) is 0.667. The summed E-state index contributed by atoms with van der Waals surface area (Å²) >= 11 is 0. The Hall–Kier alpha value is -0.760. The molecule has 0 amide bonds. The van der Waals surface area contributed by atoms with E-state index in [1.807, 2.05) is 6.26 Å². The van der Waals surface area contributed by atoms with Crippen molar-refractivity contribution in [3.05, 3.63) is 23.7 Å². The van der Waals surface area contributed by atoms with Gasteiger partial charge in [-0.3, -0.25) is 0 Å². The number of furan rings is 1. The largest absolute Gasteiger partial charge is 0.469 e. The molecule has 1 heterocycles. The lowest BCUT2D eigenvalue weighted by Gasteiger charge is -2.23. The van der Waals surface area contributed by atoms with E-state index in [9.17, 15) is 0 Å². The average Bonchev–Trinajstić information content (AvgIpc) is 2.62. The minimum absolute atomic E-state index is 0.528. The van der Waals surface area contributed by atoms with E-state index in [-0.39, 0.29) is 0 Å². The molecule has 1 aromatic heterocycles. The van der Waals surface area contributed by atoms with Crippen LogP contribution in [0.5, 0.6) is 0 Å². The summed E-state index contributed by atoms with van der Waals surface area (Å²) in [7, 11) is 0. The van der Waals surface area contributed by atoms with Gasteiger partial charge in [-0.2, -0.15) is 0 Å². The van der Waals surface area contributed by atoms with Crippen LogP contribution < -0.4 is 5.32 Å². The van der Waals surface area contributed by atoms with E-state index < -0.39 is 0 Å². The fourth-order valence-corrected chi connectivity index (χ4v) is 2.08. The summed E-state index contributed by atoms with van der Waals surface area (Å²) in [6.07, 6.45) is 5.43. The van der Waals surface area contributed by atoms with Gasteiger partial charge in [0, 0.05) is 18.0 Å². The number of nitrogens with one attached hydrogen (secondary N) is 1. The van der Waals surface area contributed by atoms with Crippen LogP contribution in [0.15, 0.2) is 16.7 Å². The molecule has 1 N–H and O–H groups in total. The van der Waals surface area contributed by atoms with Crippen molar-refractivity contribution in [1.82, 2.24) is 5.32 Å². The molecular weight excluding hydrogens is 174 g/mol. The van der Waals surface area contributed by atoms with Crippen molar-refractivity contribution in [2.75, 3.05) is 6.54 Å². The quantitative estimate of drug-likeness (QED) is 0.798. The average molecular weight is 193 g/mol. The van der Waals surface area contributed by atoms with Crippen molar-refractivity contribution in [3.63, 3.8) is 0 Å². The maximum atomic E-state index is 5.45. The Morgan fingerprint density at radius 3 is 3.21 bits per heavy atom. The zero-order valence-electron chi connectivity index (χ0n) is 9.05. The van der Waals surface area contributed by atoms with Crippen molar-refractivity contribution in [3.8, 4) is 0 Å². The second-order valence-electron chi connectivity index (χ2n) is 4.55. The monoisotopic (exact) mass is 193 g/mol. The number of aryl methyl sites for hydroxylation is 1. The van der Waals surface area contributed by atoms with Gasteiger partial charge in [0.05, 0.1) is 6.26 Å². The highest BCUT2D eigenvalue weighted by Gasteiger charge is 2.21. The van der Waals surface area contributed by atoms with Gasteiger partial charge in [0.25, 0.3) is 0 Å². The third-order valence-electron chi connectivity index (χ3n) is 2.82. The normalized spacial score (nSPS) is 21.2. The van der Waals surface area contributed by atoms with Crippen LogP contribution in [-0.4, -0.2) is 6.54 Å². The molecular formula is C12H19NO. The molecule has 78 valence electrons. The first-order chi connectivity index (χ1) is 6.77. The van der Waals surface area contributed by atoms with Crippen molar-refractivity contribution in [1.29, 1.82) is 0 Å². The smallest absolute Gasteiger partial charge is 0.108 e. The highest BCUT2D eigenvalue weighted by Crippen LogP contribution is 2.30. The van der Waals surface area contributed by atoms with Gasteiger partial charge in [-0.1, -0.05) is 13.8 Å². The Balaban J connectivity index is 2.01. The maximum Gasteiger partial charge on any atom is 0.108 e. The molecule has 2 heteroatoms. The number of fused-ring (bicyclic) bond motifs is 1. The SMILES string of the molecule is CC(C)CN[C@@H]1CCCc2occc21. The van der Waals surface area contributed by atoms with Gasteiger partial charge in [0.2, 0.25) is 0 Å². The predicted octanol–water partition coefficient (Wildman–Crippen LogP) is 2.90. The number of hydrogen-bond acceptors (Lipinski definition) is 2. The van der Waals surface area contributed by atoms with E-state index in [1.54, 1.807) is 0 Å². The maximum absolute atomic E-state index is 5.45. The van der Waals surface area contributed by atoms with Gasteiger partial charge in [0.15, 0.2) is 0 Å². The molecule has 0 unspecified atom stereocenters. The molecule has 0 bridgehead atoms. The first-order valence-electron chi connectivity index (χ1n) is 5.57. The highest BCUT2D eigenvalue weighted by molar-refractivity contribution is 5.23. The van der Waals surface area contributed by atoms with Crippen LogP contribution in [0.2, 0.25) is 0 Å². The van der Waals surface area contributed by atoms with Crippen LogP contribution in [0.4, 0.5) is 0 Å². The summed E-state index contributed by atoms with van der Waals surface area (Å²) in [6.45, 7) is 5.58. The molecule has 1 atom stereocenters. The third kappa shape index (κ3) is 2.01. The van der Waals surface area contributed by atoms with Crippen LogP contribution in [0.25, 0.3) is 0 Å². The summed E-state index contributed by atoms with van der Waals surface area (Å²) < 4.78 is 5.45. The number of rotatable bonds is 3. The molecule has 0 fully saturated rings. The summed E-state index contributed by atoms with van der Waals surface area (Å²) in [5, 5.41) is 3.60. The van der Waals surface area contributed by atoms with Gasteiger partial charge in [0.1, 0.15) is 5.76 Å². The minimum Gasteiger partial charge on any atom is -0.469 e. The molecule has 0 spiro atoms. The van der Waals surface area contributed by atoms with E-state index in [2.05, 4.69) is 25.2 Å².